The molecule has 0 aliphatic carbocycles. The molecule has 0 aromatic heterocycles. The quantitative estimate of drug-likeness (QED) is 0.794. The maximum atomic E-state index is 10.4. The summed E-state index contributed by atoms with van der Waals surface area (Å²) in [5, 5.41) is 11.0. The van der Waals surface area contributed by atoms with Crippen molar-refractivity contribution in [1.82, 2.24) is 0 Å². The zero-order valence-electron chi connectivity index (χ0n) is 9.65. The highest BCUT2D eigenvalue weighted by atomic mass is 16.4. The number of carboxylic acids is 1. The Morgan fingerprint density at radius 3 is 2.94 bits per heavy atom. The van der Waals surface area contributed by atoms with Crippen molar-refractivity contribution in [3.05, 3.63) is 48.0 Å². The summed E-state index contributed by atoms with van der Waals surface area (Å²) in [6.45, 7) is 0. The Balaban J connectivity index is 2.05. The maximum absolute atomic E-state index is 10.4. The molecule has 2 heteroatoms. The van der Waals surface area contributed by atoms with Gasteiger partial charge in [0.2, 0.25) is 0 Å². The summed E-state index contributed by atoms with van der Waals surface area (Å²) in [6, 6.07) is 15.3. The first kappa shape index (κ1) is 11.6. The van der Waals surface area contributed by atoms with Gasteiger partial charge >= 0.3 is 5.97 Å². The molecule has 0 aliphatic heterocycles. The zero-order valence-corrected chi connectivity index (χ0v) is 9.65. The number of carboxylic acid groups (broad SMARTS) is 1. The van der Waals surface area contributed by atoms with E-state index < -0.39 is 5.97 Å². The third-order valence-electron chi connectivity index (χ3n) is 2.90. The first-order chi connectivity index (χ1) is 8.27. The summed E-state index contributed by atoms with van der Waals surface area (Å²) in [4.78, 5) is 10.4. The van der Waals surface area contributed by atoms with Crippen LogP contribution in [-0.2, 0) is 11.2 Å². The number of hydrogen-bond donors (Lipinski definition) is 1. The van der Waals surface area contributed by atoms with Crippen molar-refractivity contribution in [1.29, 1.82) is 0 Å². The SMILES string of the molecule is O=C(O)CCCCc1cccc2cc[c]cc12. The topological polar surface area (TPSA) is 37.3 Å². The molecular weight excluding hydrogens is 212 g/mol. The maximum Gasteiger partial charge on any atom is 0.303 e. The molecule has 0 bridgehead atoms. The summed E-state index contributed by atoms with van der Waals surface area (Å²) in [7, 11) is 0. The lowest BCUT2D eigenvalue weighted by Crippen LogP contribution is -1.95. The number of fused-ring (bicyclic) bond motifs is 1. The normalized spacial score (nSPS) is 10.6. The Labute approximate surface area is 101 Å². The number of aliphatic carboxylic acids is 1. The van der Waals surface area contributed by atoms with Gasteiger partial charge in [-0.3, -0.25) is 4.79 Å². The molecule has 0 atom stereocenters. The van der Waals surface area contributed by atoms with E-state index in [4.69, 9.17) is 5.11 Å². The van der Waals surface area contributed by atoms with Crippen LogP contribution in [0.25, 0.3) is 10.8 Å². The Morgan fingerprint density at radius 1 is 1.24 bits per heavy atom. The molecule has 0 unspecified atom stereocenters. The van der Waals surface area contributed by atoms with Gasteiger partial charge in [0.1, 0.15) is 0 Å². The average molecular weight is 227 g/mol. The van der Waals surface area contributed by atoms with Crippen LogP contribution < -0.4 is 0 Å². The number of benzene rings is 2. The third kappa shape index (κ3) is 3.06. The highest BCUT2D eigenvalue weighted by molar-refractivity contribution is 5.85. The van der Waals surface area contributed by atoms with Gasteiger partial charge in [0.25, 0.3) is 0 Å². The number of unbranched alkanes of at least 4 members (excludes halogenated alkanes) is 1. The van der Waals surface area contributed by atoms with Crippen molar-refractivity contribution in [2.75, 3.05) is 0 Å². The van der Waals surface area contributed by atoms with Crippen molar-refractivity contribution < 1.29 is 9.90 Å². The number of rotatable bonds is 5. The van der Waals surface area contributed by atoms with Crippen LogP contribution in [0, 0.1) is 6.07 Å². The molecule has 2 rings (SSSR count). The van der Waals surface area contributed by atoms with Crippen molar-refractivity contribution in [2.45, 2.75) is 25.7 Å². The molecular formula is C15H15O2. The molecule has 0 spiro atoms. The van der Waals surface area contributed by atoms with Gasteiger partial charge in [-0.15, -0.1) is 0 Å². The average Bonchev–Trinajstić information content (AvgIpc) is 2.34. The third-order valence-corrected chi connectivity index (χ3v) is 2.90. The molecule has 0 saturated carbocycles. The molecule has 87 valence electrons. The lowest BCUT2D eigenvalue weighted by molar-refractivity contribution is -0.137. The van der Waals surface area contributed by atoms with Gasteiger partial charge < -0.3 is 5.11 Å². The van der Waals surface area contributed by atoms with Gasteiger partial charge in [-0.05, 0) is 47.7 Å². The molecule has 1 N–H and O–H groups in total. The standard InChI is InChI=1S/C15H15O2/c16-15(17)11-4-2-7-13-9-5-8-12-6-1-3-10-14(12)13/h1,5-6,8-10H,2,4,7,11H2,(H,16,17). The van der Waals surface area contributed by atoms with Gasteiger partial charge in [-0.2, -0.15) is 0 Å². The van der Waals surface area contributed by atoms with E-state index in [0.717, 1.165) is 19.3 Å². The number of carbonyl (C=O) groups is 1. The summed E-state index contributed by atoms with van der Waals surface area (Å²) in [5.41, 5.74) is 1.28. The lowest BCUT2D eigenvalue weighted by Gasteiger charge is -2.05. The van der Waals surface area contributed by atoms with Gasteiger partial charge in [0.15, 0.2) is 0 Å². The van der Waals surface area contributed by atoms with E-state index >= 15 is 0 Å². The van der Waals surface area contributed by atoms with Crippen LogP contribution in [0.5, 0.6) is 0 Å². The molecule has 0 heterocycles. The minimum atomic E-state index is -0.712. The molecule has 2 aromatic carbocycles. The van der Waals surface area contributed by atoms with E-state index in [0.29, 0.717) is 0 Å². The second kappa shape index (κ2) is 5.48. The first-order valence-electron chi connectivity index (χ1n) is 5.87. The molecule has 0 fully saturated rings. The minimum absolute atomic E-state index is 0.261. The van der Waals surface area contributed by atoms with Crippen LogP contribution >= 0.6 is 0 Å². The predicted molar refractivity (Wildman–Crippen MR) is 68.0 cm³/mol. The van der Waals surface area contributed by atoms with E-state index in [1.807, 2.05) is 12.1 Å². The molecule has 0 aliphatic rings. The van der Waals surface area contributed by atoms with Gasteiger partial charge in [-0.25, -0.2) is 0 Å². The lowest BCUT2D eigenvalue weighted by atomic mass is 10.00. The molecule has 0 saturated heterocycles. The fourth-order valence-electron chi connectivity index (χ4n) is 2.03. The van der Waals surface area contributed by atoms with Crippen LogP contribution in [0.15, 0.2) is 36.4 Å². The minimum Gasteiger partial charge on any atom is -0.481 e. The molecule has 2 nitrogen and oxygen atoms in total. The van der Waals surface area contributed by atoms with E-state index in [2.05, 4.69) is 30.3 Å². The van der Waals surface area contributed by atoms with Gasteiger partial charge in [-0.1, -0.05) is 30.3 Å². The Kier molecular flexibility index (Phi) is 3.76. The van der Waals surface area contributed by atoms with E-state index in [1.165, 1.54) is 16.3 Å². The van der Waals surface area contributed by atoms with Crippen molar-refractivity contribution >= 4 is 16.7 Å². The number of hydrogen-bond acceptors (Lipinski definition) is 1. The predicted octanol–water partition coefficient (Wildman–Crippen LogP) is 3.44. The summed E-state index contributed by atoms with van der Waals surface area (Å²) < 4.78 is 0. The fraction of sp³-hybridized carbons (Fsp3) is 0.267. The smallest absolute Gasteiger partial charge is 0.303 e. The van der Waals surface area contributed by atoms with Gasteiger partial charge in [0, 0.05) is 6.42 Å². The summed E-state index contributed by atoms with van der Waals surface area (Å²) >= 11 is 0. The highest BCUT2D eigenvalue weighted by Crippen LogP contribution is 2.20. The van der Waals surface area contributed by atoms with Crippen LogP contribution in [0.3, 0.4) is 0 Å². The first-order valence-corrected chi connectivity index (χ1v) is 5.87. The van der Waals surface area contributed by atoms with Crippen molar-refractivity contribution in [3.63, 3.8) is 0 Å². The molecule has 0 amide bonds. The van der Waals surface area contributed by atoms with Crippen LogP contribution in [0.4, 0.5) is 0 Å². The van der Waals surface area contributed by atoms with Gasteiger partial charge in [0.05, 0.1) is 0 Å². The van der Waals surface area contributed by atoms with Crippen LogP contribution in [0.2, 0.25) is 0 Å². The second-order valence-corrected chi connectivity index (χ2v) is 4.17. The molecule has 1 radical (unpaired) electrons. The summed E-state index contributed by atoms with van der Waals surface area (Å²) in [5.74, 6) is -0.712. The Bertz CT molecular complexity index is 512. The largest absolute Gasteiger partial charge is 0.481 e. The second-order valence-electron chi connectivity index (χ2n) is 4.17. The zero-order chi connectivity index (χ0) is 12.1. The van der Waals surface area contributed by atoms with E-state index in [1.54, 1.807) is 0 Å². The Hall–Kier alpha value is -1.83. The van der Waals surface area contributed by atoms with Crippen molar-refractivity contribution in [3.8, 4) is 0 Å². The van der Waals surface area contributed by atoms with Crippen molar-refractivity contribution in [2.24, 2.45) is 0 Å². The van der Waals surface area contributed by atoms with Crippen LogP contribution in [0.1, 0.15) is 24.8 Å². The fourth-order valence-corrected chi connectivity index (χ4v) is 2.03. The summed E-state index contributed by atoms with van der Waals surface area (Å²) in [6.07, 6.45) is 2.85. The Morgan fingerprint density at radius 2 is 2.12 bits per heavy atom. The number of aryl methyl sites for hydroxylation is 1. The monoisotopic (exact) mass is 227 g/mol. The van der Waals surface area contributed by atoms with Crippen LogP contribution in [-0.4, -0.2) is 11.1 Å². The molecule has 2 aromatic rings. The van der Waals surface area contributed by atoms with E-state index in [-0.39, 0.29) is 6.42 Å². The van der Waals surface area contributed by atoms with E-state index in [9.17, 15) is 4.79 Å². The highest BCUT2D eigenvalue weighted by Gasteiger charge is 2.01. The molecule has 17 heavy (non-hydrogen) atoms.